The van der Waals surface area contributed by atoms with Gasteiger partial charge >= 0.3 is 0 Å². The molecule has 0 aliphatic carbocycles. The summed E-state index contributed by atoms with van der Waals surface area (Å²) in [6, 6.07) is 2.17. The van der Waals surface area contributed by atoms with Crippen molar-refractivity contribution in [2.45, 2.75) is 32.2 Å². The second-order valence-electron chi connectivity index (χ2n) is 4.64. The van der Waals surface area contributed by atoms with Crippen LogP contribution in [-0.4, -0.2) is 20.8 Å². The van der Waals surface area contributed by atoms with Crippen molar-refractivity contribution in [3.8, 4) is 11.5 Å². The van der Waals surface area contributed by atoms with Crippen LogP contribution in [0.2, 0.25) is 5.02 Å². The van der Waals surface area contributed by atoms with Crippen molar-refractivity contribution in [3.05, 3.63) is 22.2 Å². The first-order valence-corrected chi connectivity index (χ1v) is 6.71. The Kier molecular flexibility index (Phi) is 4.36. The fourth-order valence-electron chi connectivity index (χ4n) is 2.68. The molecule has 4 heteroatoms. The van der Waals surface area contributed by atoms with Crippen LogP contribution in [-0.2, 0) is 0 Å². The Morgan fingerprint density at radius 3 is 2.61 bits per heavy atom. The third-order valence-electron chi connectivity index (χ3n) is 3.57. The van der Waals surface area contributed by atoms with Gasteiger partial charge < -0.3 is 14.8 Å². The van der Waals surface area contributed by atoms with Gasteiger partial charge in [-0.3, -0.25) is 0 Å². The van der Waals surface area contributed by atoms with Gasteiger partial charge in [-0.15, -0.1) is 0 Å². The summed E-state index contributed by atoms with van der Waals surface area (Å²) in [5, 5.41) is 4.28. The van der Waals surface area contributed by atoms with E-state index in [-0.39, 0.29) is 0 Å². The molecule has 0 radical (unpaired) electrons. The SMILES string of the molecule is COc1cc(Cl)c(C2CCCCN2)c(C)c1OC. The molecule has 1 saturated heterocycles. The molecule has 0 amide bonds. The molecular weight excluding hydrogens is 250 g/mol. The van der Waals surface area contributed by atoms with Gasteiger partial charge in [0.15, 0.2) is 11.5 Å². The van der Waals surface area contributed by atoms with Crippen molar-refractivity contribution in [3.63, 3.8) is 0 Å². The van der Waals surface area contributed by atoms with Crippen molar-refractivity contribution in [2.75, 3.05) is 20.8 Å². The molecule has 1 fully saturated rings. The van der Waals surface area contributed by atoms with E-state index in [4.69, 9.17) is 21.1 Å². The summed E-state index contributed by atoms with van der Waals surface area (Å²) in [7, 11) is 3.29. The molecule has 2 rings (SSSR count). The molecule has 1 aliphatic rings. The normalized spacial score (nSPS) is 19.7. The second kappa shape index (κ2) is 5.81. The van der Waals surface area contributed by atoms with E-state index < -0.39 is 0 Å². The van der Waals surface area contributed by atoms with E-state index in [0.29, 0.717) is 11.8 Å². The van der Waals surface area contributed by atoms with E-state index >= 15 is 0 Å². The molecule has 100 valence electrons. The number of methoxy groups -OCH3 is 2. The van der Waals surface area contributed by atoms with Crippen LogP contribution in [0.5, 0.6) is 11.5 Å². The summed E-state index contributed by atoms with van der Waals surface area (Å²) in [5.41, 5.74) is 2.22. The van der Waals surface area contributed by atoms with Gasteiger partial charge in [-0.05, 0) is 31.9 Å². The minimum absolute atomic E-state index is 0.325. The zero-order valence-corrected chi connectivity index (χ0v) is 11.9. The number of ether oxygens (including phenoxy) is 2. The molecule has 0 spiro atoms. The molecule has 3 nitrogen and oxygen atoms in total. The Bertz CT molecular complexity index is 428. The molecule has 1 aromatic rings. The van der Waals surface area contributed by atoms with Gasteiger partial charge in [-0.1, -0.05) is 18.0 Å². The first kappa shape index (κ1) is 13.5. The molecule has 1 aromatic carbocycles. The Morgan fingerprint density at radius 1 is 1.28 bits per heavy atom. The highest BCUT2D eigenvalue weighted by atomic mass is 35.5. The van der Waals surface area contributed by atoms with E-state index in [1.54, 1.807) is 14.2 Å². The van der Waals surface area contributed by atoms with Gasteiger partial charge in [0.2, 0.25) is 0 Å². The maximum Gasteiger partial charge on any atom is 0.164 e. The summed E-state index contributed by atoms with van der Waals surface area (Å²) < 4.78 is 10.8. The highest BCUT2D eigenvalue weighted by Crippen LogP contribution is 2.41. The number of nitrogens with one attached hydrogen (secondary N) is 1. The number of benzene rings is 1. The Morgan fingerprint density at radius 2 is 2.06 bits per heavy atom. The van der Waals surface area contributed by atoms with E-state index in [1.807, 2.05) is 13.0 Å². The maximum absolute atomic E-state index is 6.40. The molecule has 0 bridgehead atoms. The molecule has 1 N–H and O–H groups in total. The lowest BCUT2D eigenvalue weighted by Crippen LogP contribution is -2.27. The van der Waals surface area contributed by atoms with Crippen LogP contribution >= 0.6 is 11.6 Å². The minimum Gasteiger partial charge on any atom is -0.493 e. The highest BCUT2D eigenvalue weighted by molar-refractivity contribution is 6.31. The van der Waals surface area contributed by atoms with Crippen molar-refractivity contribution >= 4 is 11.6 Å². The monoisotopic (exact) mass is 269 g/mol. The van der Waals surface area contributed by atoms with Gasteiger partial charge in [-0.25, -0.2) is 0 Å². The fourth-order valence-corrected chi connectivity index (χ4v) is 3.05. The number of halogens is 1. The van der Waals surface area contributed by atoms with Gasteiger partial charge in [0.25, 0.3) is 0 Å². The summed E-state index contributed by atoms with van der Waals surface area (Å²) in [6.07, 6.45) is 3.60. The van der Waals surface area contributed by atoms with Crippen LogP contribution in [0.3, 0.4) is 0 Å². The Hall–Kier alpha value is -0.930. The summed E-state index contributed by atoms with van der Waals surface area (Å²) in [5.74, 6) is 1.48. The molecule has 1 heterocycles. The number of rotatable bonds is 3. The van der Waals surface area contributed by atoms with E-state index in [1.165, 1.54) is 12.8 Å². The zero-order chi connectivity index (χ0) is 13.1. The molecule has 0 saturated carbocycles. The largest absolute Gasteiger partial charge is 0.493 e. The van der Waals surface area contributed by atoms with Gasteiger partial charge in [-0.2, -0.15) is 0 Å². The van der Waals surface area contributed by atoms with Crippen LogP contribution in [0, 0.1) is 6.92 Å². The second-order valence-corrected chi connectivity index (χ2v) is 5.04. The van der Waals surface area contributed by atoms with E-state index in [9.17, 15) is 0 Å². The lowest BCUT2D eigenvalue weighted by Gasteiger charge is -2.27. The number of piperidine rings is 1. The van der Waals surface area contributed by atoms with Crippen LogP contribution in [0.15, 0.2) is 6.07 Å². The smallest absolute Gasteiger partial charge is 0.164 e. The third kappa shape index (κ3) is 2.43. The predicted molar refractivity (Wildman–Crippen MR) is 73.9 cm³/mol. The third-order valence-corrected chi connectivity index (χ3v) is 3.88. The molecule has 18 heavy (non-hydrogen) atoms. The average Bonchev–Trinajstić information content (AvgIpc) is 2.39. The number of hydrogen-bond acceptors (Lipinski definition) is 3. The summed E-state index contributed by atoms with van der Waals surface area (Å²) >= 11 is 6.40. The average molecular weight is 270 g/mol. The lowest BCUT2D eigenvalue weighted by atomic mass is 9.93. The van der Waals surface area contributed by atoms with Crippen molar-refractivity contribution in [1.29, 1.82) is 0 Å². The first-order chi connectivity index (χ1) is 8.69. The molecule has 0 aromatic heterocycles. The molecule has 1 aliphatic heterocycles. The molecule has 1 unspecified atom stereocenters. The van der Waals surface area contributed by atoms with Gasteiger partial charge in [0.1, 0.15) is 0 Å². The zero-order valence-electron chi connectivity index (χ0n) is 11.2. The Labute approximate surface area is 113 Å². The van der Waals surface area contributed by atoms with E-state index in [0.717, 1.165) is 34.9 Å². The van der Waals surface area contributed by atoms with Crippen LogP contribution in [0.25, 0.3) is 0 Å². The summed E-state index contributed by atoms with van der Waals surface area (Å²) in [4.78, 5) is 0. The van der Waals surface area contributed by atoms with Crippen molar-refractivity contribution in [2.24, 2.45) is 0 Å². The quantitative estimate of drug-likeness (QED) is 0.911. The number of hydrogen-bond donors (Lipinski definition) is 1. The highest BCUT2D eigenvalue weighted by Gasteiger charge is 2.23. The molecular formula is C14H20ClNO2. The fraction of sp³-hybridized carbons (Fsp3) is 0.571. The van der Waals surface area contributed by atoms with E-state index in [2.05, 4.69) is 5.32 Å². The standard InChI is InChI=1S/C14H20ClNO2/c1-9-13(11-6-4-5-7-16-11)10(15)8-12(17-2)14(9)18-3/h8,11,16H,4-7H2,1-3H3. The molecule has 1 atom stereocenters. The first-order valence-electron chi connectivity index (χ1n) is 6.33. The van der Waals surface area contributed by atoms with Crippen LogP contribution in [0.4, 0.5) is 0 Å². The Balaban J connectivity index is 2.46. The van der Waals surface area contributed by atoms with Gasteiger partial charge in [0, 0.05) is 22.7 Å². The summed E-state index contributed by atoms with van der Waals surface area (Å²) in [6.45, 7) is 3.09. The lowest BCUT2D eigenvalue weighted by molar-refractivity contribution is 0.349. The van der Waals surface area contributed by atoms with Crippen molar-refractivity contribution in [1.82, 2.24) is 5.32 Å². The maximum atomic E-state index is 6.40. The van der Waals surface area contributed by atoms with Gasteiger partial charge in [0.05, 0.1) is 14.2 Å². The minimum atomic E-state index is 0.325. The topological polar surface area (TPSA) is 30.5 Å². The van der Waals surface area contributed by atoms with Crippen LogP contribution in [0.1, 0.15) is 36.4 Å². The predicted octanol–water partition coefficient (Wildman–Crippen LogP) is 3.48. The van der Waals surface area contributed by atoms with Crippen LogP contribution < -0.4 is 14.8 Å². The van der Waals surface area contributed by atoms with Crippen molar-refractivity contribution < 1.29 is 9.47 Å².